The van der Waals surface area contributed by atoms with E-state index in [1.165, 1.54) is 0 Å². The van der Waals surface area contributed by atoms with Crippen molar-refractivity contribution in [3.63, 3.8) is 0 Å². The number of nitrogens with zero attached hydrogens (tertiary/aromatic N) is 2. The molecular weight excluding hydrogens is 204 g/mol. The first-order valence-electron chi connectivity index (χ1n) is 5.29. The molecule has 1 aromatic carbocycles. The summed E-state index contributed by atoms with van der Waals surface area (Å²) in [4.78, 5) is 1.87. The molecule has 1 aliphatic heterocycles. The lowest BCUT2D eigenvalue weighted by atomic mass is 10.2. The van der Waals surface area contributed by atoms with Crippen molar-refractivity contribution in [1.29, 1.82) is 5.26 Å². The Hall–Kier alpha value is -1.89. The second-order valence-electron chi connectivity index (χ2n) is 3.70. The van der Waals surface area contributed by atoms with Crippen LogP contribution in [-0.2, 0) is 0 Å². The predicted molar refractivity (Wildman–Crippen MR) is 60.9 cm³/mol. The molecule has 1 heterocycles. The largest absolute Gasteiger partial charge is 0.490 e. The van der Waals surface area contributed by atoms with Gasteiger partial charge in [0.25, 0.3) is 0 Å². The van der Waals surface area contributed by atoms with Gasteiger partial charge in [0.15, 0.2) is 11.5 Å². The average Bonchev–Trinajstić information content (AvgIpc) is 2.53. The quantitative estimate of drug-likeness (QED) is 0.710. The van der Waals surface area contributed by atoms with Crippen LogP contribution in [-0.4, -0.2) is 26.8 Å². The smallest absolute Gasteiger partial charge is 0.163 e. The first-order valence-corrected chi connectivity index (χ1v) is 5.29. The van der Waals surface area contributed by atoms with Crippen LogP contribution >= 0.6 is 0 Å². The van der Waals surface area contributed by atoms with Gasteiger partial charge in [0.05, 0.1) is 19.3 Å². The third kappa shape index (κ3) is 2.19. The fourth-order valence-corrected chi connectivity index (χ4v) is 1.59. The molecule has 2 rings (SSSR count). The van der Waals surface area contributed by atoms with Gasteiger partial charge in [0.2, 0.25) is 0 Å². The molecule has 4 nitrogen and oxygen atoms in total. The zero-order chi connectivity index (χ0) is 11.4. The van der Waals surface area contributed by atoms with Crippen LogP contribution in [0.25, 0.3) is 0 Å². The van der Waals surface area contributed by atoms with Gasteiger partial charge in [-0.05, 0) is 12.1 Å². The minimum atomic E-state index is 0.361. The van der Waals surface area contributed by atoms with Crippen LogP contribution in [0.3, 0.4) is 0 Å². The van der Waals surface area contributed by atoms with E-state index in [1.54, 1.807) is 0 Å². The summed E-state index contributed by atoms with van der Waals surface area (Å²) in [5.74, 6) is 1.55. The number of nitriles is 1. The van der Waals surface area contributed by atoms with Crippen LogP contribution in [0, 0.1) is 11.3 Å². The highest BCUT2D eigenvalue weighted by molar-refractivity contribution is 5.56. The number of hydrogen-bond donors (Lipinski definition) is 0. The molecule has 0 bridgehead atoms. The van der Waals surface area contributed by atoms with E-state index < -0.39 is 0 Å². The Morgan fingerprint density at radius 3 is 2.81 bits per heavy atom. The van der Waals surface area contributed by atoms with E-state index in [0.717, 1.165) is 23.6 Å². The predicted octanol–water partition coefficient (Wildman–Crippen LogP) is 1.81. The monoisotopic (exact) mass is 218 g/mol. The maximum atomic E-state index is 8.63. The number of rotatable bonds is 2. The number of benzene rings is 1. The van der Waals surface area contributed by atoms with Gasteiger partial charge in [-0.3, -0.25) is 0 Å². The van der Waals surface area contributed by atoms with Gasteiger partial charge in [0, 0.05) is 25.2 Å². The first kappa shape index (κ1) is 10.6. The van der Waals surface area contributed by atoms with E-state index in [1.807, 2.05) is 30.1 Å². The Morgan fingerprint density at radius 2 is 2.06 bits per heavy atom. The van der Waals surface area contributed by atoms with Gasteiger partial charge < -0.3 is 14.4 Å². The summed E-state index contributed by atoms with van der Waals surface area (Å²) >= 11 is 0. The second kappa shape index (κ2) is 4.75. The molecule has 0 saturated heterocycles. The molecule has 84 valence electrons. The van der Waals surface area contributed by atoms with Crippen molar-refractivity contribution in [2.24, 2.45) is 0 Å². The first-order chi connectivity index (χ1) is 7.81. The Kier molecular flexibility index (Phi) is 3.16. The van der Waals surface area contributed by atoms with Crippen LogP contribution in [0.4, 0.5) is 5.69 Å². The molecule has 4 heteroatoms. The summed E-state index contributed by atoms with van der Waals surface area (Å²) in [6, 6.07) is 7.85. The molecule has 0 amide bonds. The van der Waals surface area contributed by atoms with Gasteiger partial charge in [-0.25, -0.2) is 0 Å². The molecule has 0 saturated carbocycles. The van der Waals surface area contributed by atoms with Gasteiger partial charge in [-0.2, -0.15) is 5.26 Å². The zero-order valence-corrected chi connectivity index (χ0v) is 9.27. The van der Waals surface area contributed by atoms with Crippen molar-refractivity contribution in [2.45, 2.75) is 6.42 Å². The number of anilines is 1. The molecule has 16 heavy (non-hydrogen) atoms. The fourth-order valence-electron chi connectivity index (χ4n) is 1.59. The summed E-state index contributed by atoms with van der Waals surface area (Å²) in [5, 5.41) is 8.63. The van der Waals surface area contributed by atoms with E-state index in [4.69, 9.17) is 14.7 Å². The Morgan fingerprint density at radius 1 is 1.31 bits per heavy atom. The average molecular weight is 218 g/mol. The van der Waals surface area contributed by atoms with Crippen molar-refractivity contribution < 1.29 is 9.47 Å². The molecule has 1 aromatic rings. The van der Waals surface area contributed by atoms with Crippen molar-refractivity contribution in [2.75, 3.05) is 31.7 Å². The summed E-state index contributed by atoms with van der Waals surface area (Å²) in [7, 11) is 1.88. The molecule has 0 aliphatic carbocycles. The van der Waals surface area contributed by atoms with Gasteiger partial charge in [-0.15, -0.1) is 0 Å². The maximum absolute atomic E-state index is 8.63. The lowest BCUT2D eigenvalue weighted by molar-refractivity contribution is 0.297. The third-order valence-electron chi connectivity index (χ3n) is 2.48. The van der Waals surface area contributed by atoms with E-state index in [-0.39, 0.29) is 0 Å². The van der Waals surface area contributed by atoms with Crippen LogP contribution in [0.1, 0.15) is 6.42 Å². The van der Waals surface area contributed by atoms with Gasteiger partial charge >= 0.3 is 0 Å². The van der Waals surface area contributed by atoms with Crippen molar-refractivity contribution >= 4 is 5.69 Å². The summed E-state index contributed by atoms with van der Waals surface area (Å²) in [5.41, 5.74) is 0.964. The van der Waals surface area contributed by atoms with Crippen LogP contribution in [0.5, 0.6) is 11.5 Å². The van der Waals surface area contributed by atoms with Crippen LogP contribution in [0.15, 0.2) is 18.2 Å². The molecule has 0 radical (unpaired) electrons. The number of fused-ring (bicyclic) bond motifs is 1. The minimum absolute atomic E-state index is 0.361. The molecule has 0 fully saturated rings. The molecule has 0 unspecified atom stereocenters. The summed E-state index contributed by atoms with van der Waals surface area (Å²) in [6.45, 7) is 1.73. The zero-order valence-electron chi connectivity index (χ0n) is 9.27. The normalized spacial score (nSPS) is 13.8. The highest BCUT2D eigenvalue weighted by Crippen LogP contribution is 2.33. The SMILES string of the molecule is CN(CC#N)c1ccc2c(c1)OCCCO2. The fraction of sp³-hybridized carbons (Fsp3) is 0.417. The lowest BCUT2D eigenvalue weighted by Crippen LogP contribution is -2.16. The highest BCUT2D eigenvalue weighted by atomic mass is 16.5. The van der Waals surface area contributed by atoms with Crippen LogP contribution in [0.2, 0.25) is 0 Å². The third-order valence-corrected chi connectivity index (χ3v) is 2.48. The maximum Gasteiger partial charge on any atom is 0.163 e. The highest BCUT2D eigenvalue weighted by Gasteiger charge is 2.11. The molecular formula is C12H14N2O2. The molecule has 0 aromatic heterocycles. The lowest BCUT2D eigenvalue weighted by Gasteiger charge is -2.17. The van der Waals surface area contributed by atoms with E-state index in [0.29, 0.717) is 19.8 Å². The minimum Gasteiger partial charge on any atom is -0.490 e. The number of hydrogen-bond acceptors (Lipinski definition) is 4. The summed E-state index contributed by atoms with van der Waals surface area (Å²) in [6.07, 6.45) is 0.901. The van der Waals surface area contributed by atoms with Crippen molar-refractivity contribution in [3.8, 4) is 17.6 Å². The summed E-state index contributed by atoms with van der Waals surface area (Å²) < 4.78 is 11.1. The van der Waals surface area contributed by atoms with E-state index >= 15 is 0 Å². The molecule has 0 atom stereocenters. The van der Waals surface area contributed by atoms with Crippen molar-refractivity contribution in [1.82, 2.24) is 0 Å². The van der Waals surface area contributed by atoms with Crippen molar-refractivity contribution in [3.05, 3.63) is 18.2 Å². The molecule has 1 aliphatic rings. The number of ether oxygens (including phenoxy) is 2. The second-order valence-corrected chi connectivity index (χ2v) is 3.70. The topological polar surface area (TPSA) is 45.5 Å². The van der Waals surface area contributed by atoms with Gasteiger partial charge in [-0.1, -0.05) is 0 Å². The molecule has 0 spiro atoms. The Bertz CT molecular complexity index is 412. The van der Waals surface area contributed by atoms with Crippen LogP contribution < -0.4 is 14.4 Å². The Balaban J connectivity index is 2.24. The van der Waals surface area contributed by atoms with E-state index in [9.17, 15) is 0 Å². The standard InChI is InChI=1S/C12H14N2O2/c1-14(6-5-13)10-3-4-11-12(9-10)16-8-2-7-15-11/h3-4,9H,2,6-8H2,1H3. The van der Waals surface area contributed by atoms with Gasteiger partial charge in [0.1, 0.15) is 6.54 Å². The Labute approximate surface area is 95.0 Å². The van der Waals surface area contributed by atoms with E-state index in [2.05, 4.69) is 6.07 Å². The molecule has 0 N–H and O–H groups in total.